The maximum atomic E-state index is 14.5. The molecule has 3 heterocycles. The number of esters is 1. The van der Waals surface area contributed by atoms with Gasteiger partial charge in [-0.1, -0.05) is 71.1 Å². The van der Waals surface area contributed by atoms with Gasteiger partial charge in [-0.05, 0) is 113 Å². The van der Waals surface area contributed by atoms with Gasteiger partial charge < -0.3 is 43.5 Å². The number of aliphatic hydroxyl groups is 2. The lowest BCUT2D eigenvalue weighted by atomic mass is 9.78. The van der Waals surface area contributed by atoms with Crippen molar-refractivity contribution in [3.8, 4) is 0 Å². The predicted molar refractivity (Wildman–Crippen MR) is 270 cm³/mol. The predicted octanol–water partition coefficient (Wildman–Crippen LogP) is 6.48. The number of amides is 1. The number of piperidine rings is 1. The van der Waals surface area contributed by atoms with Gasteiger partial charge >= 0.3 is 5.97 Å². The molecule has 0 aromatic rings. The lowest BCUT2D eigenvalue weighted by Gasteiger charge is -2.42. The van der Waals surface area contributed by atoms with Crippen molar-refractivity contribution in [3.05, 3.63) is 47.6 Å². The summed E-state index contributed by atoms with van der Waals surface area (Å²) >= 11 is 0. The number of Topliss-reactive ketones (excluding diaryl/α,β-unsaturated/α-hetero) is 3. The number of allylic oxidation sites excluding steroid dienone is 6. The van der Waals surface area contributed by atoms with Crippen LogP contribution >= 0.6 is 0 Å². The topological polar surface area (TPSA) is 239 Å². The summed E-state index contributed by atoms with van der Waals surface area (Å²) in [6.45, 7) is 12.7. The zero-order valence-electron chi connectivity index (χ0n) is 44.4. The first-order valence-corrected chi connectivity index (χ1v) is 27.6. The van der Waals surface area contributed by atoms with Crippen molar-refractivity contribution in [2.75, 3.05) is 40.2 Å². The summed E-state index contributed by atoms with van der Waals surface area (Å²) in [6.07, 6.45) is 11.1. The molecule has 0 unspecified atom stereocenters. The van der Waals surface area contributed by atoms with Crippen LogP contribution in [0.3, 0.4) is 0 Å². The highest BCUT2D eigenvalue weighted by atomic mass is 32.2. The molecule has 3 aliphatic heterocycles. The molecule has 2 saturated heterocycles. The molecule has 0 aromatic heterocycles. The molecular formula is C54H85NO16S. The van der Waals surface area contributed by atoms with Gasteiger partial charge in [-0.15, -0.1) is 0 Å². The molecule has 1 aliphatic carbocycles. The molecule has 15 atom stereocenters. The minimum Gasteiger partial charge on any atom is -0.460 e. The van der Waals surface area contributed by atoms with Crippen molar-refractivity contribution < 1.29 is 75.6 Å². The van der Waals surface area contributed by atoms with Gasteiger partial charge in [0.25, 0.3) is 21.8 Å². The Kier molecular flexibility index (Phi) is 24.1. The van der Waals surface area contributed by atoms with Crippen LogP contribution in [0.15, 0.2) is 47.6 Å². The number of ether oxygens (including phenoxy) is 6. The van der Waals surface area contributed by atoms with Crippen molar-refractivity contribution in [1.82, 2.24) is 4.90 Å². The number of methoxy groups -OCH3 is 3. The number of cyclic esters (lactones) is 1. The highest BCUT2D eigenvalue weighted by Crippen LogP contribution is 2.38. The van der Waals surface area contributed by atoms with Crippen molar-refractivity contribution >= 4 is 39.3 Å². The van der Waals surface area contributed by atoms with E-state index in [0.29, 0.717) is 69.8 Å². The molecule has 0 radical (unpaired) electrons. The summed E-state index contributed by atoms with van der Waals surface area (Å²) in [7, 11) is 0.380. The SMILES string of the molecule is CO[C@H]1C[C@@H]2CC[C@@H](C)[C@@](O)(O2)C(=O)C(=O)N2CCCC[C@H]2C(=O)O[C@H]([C@H](C)C[C@@H]2CC[C@@H](OCCCS(=O)(=O)O)[C@H](OC)C2)CC(=O)[C@H](C)/C=C(\C)[C@H](O)[C@@H](OC)C(=O)[C@H](C)C[C@H](C)/C=C/C=C/C=C/1C. The van der Waals surface area contributed by atoms with Crippen molar-refractivity contribution in [2.24, 2.45) is 35.5 Å². The minimum atomic E-state index is -4.12. The van der Waals surface area contributed by atoms with E-state index in [1.807, 2.05) is 51.2 Å². The van der Waals surface area contributed by atoms with E-state index in [2.05, 4.69) is 0 Å². The summed E-state index contributed by atoms with van der Waals surface area (Å²) < 4.78 is 67.3. The third kappa shape index (κ3) is 17.3. The molecule has 17 nitrogen and oxygen atoms in total. The van der Waals surface area contributed by atoms with E-state index in [-0.39, 0.29) is 68.0 Å². The van der Waals surface area contributed by atoms with Crippen LogP contribution in [-0.4, -0.2) is 152 Å². The molecule has 0 spiro atoms. The van der Waals surface area contributed by atoms with E-state index in [9.17, 15) is 42.6 Å². The molecular weight excluding hydrogens is 951 g/mol. The second kappa shape index (κ2) is 28.4. The molecule has 1 saturated carbocycles. The average molecular weight is 1040 g/mol. The second-order valence-electron chi connectivity index (χ2n) is 21.1. The van der Waals surface area contributed by atoms with Crippen LogP contribution < -0.4 is 0 Å². The van der Waals surface area contributed by atoms with Gasteiger partial charge in [-0.25, -0.2) is 4.79 Å². The lowest BCUT2D eigenvalue weighted by Crippen LogP contribution is -2.61. The van der Waals surface area contributed by atoms with Crippen LogP contribution in [-0.2, 0) is 62.5 Å². The van der Waals surface area contributed by atoms with Crippen molar-refractivity contribution in [1.29, 1.82) is 0 Å². The first-order valence-electron chi connectivity index (χ1n) is 26.0. The van der Waals surface area contributed by atoms with E-state index in [4.69, 9.17) is 33.0 Å². The summed E-state index contributed by atoms with van der Waals surface area (Å²) in [6, 6.07) is -1.18. The molecule has 3 N–H and O–H groups in total. The molecule has 18 heteroatoms. The Hall–Kier alpha value is -3.46. The zero-order valence-corrected chi connectivity index (χ0v) is 45.2. The lowest BCUT2D eigenvalue weighted by molar-refractivity contribution is -0.265. The fourth-order valence-electron chi connectivity index (χ4n) is 10.8. The van der Waals surface area contributed by atoms with Gasteiger partial charge in [0.15, 0.2) is 5.78 Å². The molecule has 4 rings (SSSR count). The molecule has 2 bridgehead atoms. The smallest absolute Gasteiger partial charge is 0.329 e. The maximum absolute atomic E-state index is 14.5. The third-order valence-electron chi connectivity index (χ3n) is 15.3. The Labute approximate surface area is 428 Å². The maximum Gasteiger partial charge on any atom is 0.329 e. The first kappa shape index (κ1) is 61.1. The van der Waals surface area contributed by atoms with Crippen LogP contribution in [0.1, 0.15) is 132 Å². The number of aliphatic hydroxyl groups excluding tert-OH is 1. The minimum absolute atomic E-state index is 0.00189. The van der Waals surface area contributed by atoms with Crippen LogP contribution in [0.25, 0.3) is 0 Å². The monoisotopic (exact) mass is 1040 g/mol. The molecule has 4 aliphatic rings. The van der Waals surface area contributed by atoms with Gasteiger partial charge in [0.05, 0.1) is 30.2 Å². The number of hydrogen-bond donors (Lipinski definition) is 3. The van der Waals surface area contributed by atoms with E-state index in [1.54, 1.807) is 48.0 Å². The number of hydrogen-bond acceptors (Lipinski definition) is 15. The Balaban J connectivity index is 1.67. The number of carbonyl (C=O) groups is 5. The number of carbonyl (C=O) groups excluding carboxylic acids is 5. The van der Waals surface area contributed by atoms with Gasteiger partial charge in [0, 0.05) is 65.1 Å². The first-order chi connectivity index (χ1) is 33.9. The van der Waals surface area contributed by atoms with E-state index < -0.39 is 99.6 Å². The van der Waals surface area contributed by atoms with Gasteiger partial charge in [-0.2, -0.15) is 8.42 Å². The van der Waals surface area contributed by atoms with Gasteiger partial charge in [-0.3, -0.25) is 23.7 Å². The largest absolute Gasteiger partial charge is 0.460 e. The summed E-state index contributed by atoms with van der Waals surface area (Å²) in [5.41, 5.74) is 1.22. The van der Waals surface area contributed by atoms with Crippen LogP contribution in [0.2, 0.25) is 0 Å². The number of ketones is 3. The highest BCUT2D eigenvalue weighted by Gasteiger charge is 2.53. The number of fused-ring (bicyclic) bond motifs is 3. The van der Waals surface area contributed by atoms with Gasteiger partial charge in [0.2, 0.25) is 5.79 Å². The normalized spacial score (nSPS) is 37.9. The Morgan fingerprint density at radius 1 is 0.861 bits per heavy atom. The Morgan fingerprint density at radius 3 is 2.25 bits per heavy atom. The highest BCUT2D eigenvalue weighted by molar-refractivity contribution is 7.85. The quantitative estimate of drug-likeness (QED) is 0.0660. The molecule has 72 heavy (non-hydrogen) atoms. The van der Waals surface area contributed by atoms with E-state index in [0.717, 1.165) is 5.57 Å². The van der Waals surface area contributed by atoms with E-state index >= 15 is 0 Å². The fraction of sp³-hybridized carbons (Fsp3) is 0.759. The summed E-state index contributed by atoms with van der Waals surface area (Å²) in [5, 5.41) is 23.5. The molecule has 3 fully saturated rings. The molecule has 1 amide bonds. The number of nitrogens with zero attached hydrogens (tertiary/aromatic N) is 1. The zero-order chi connectivity index (χ0) is 53.5. The standard InChI is InChI=1S/C54H85NO16S/c1-33-17-12-11-13-18-34(2)45(66-8)31-41-22-20-39(7)54(62,71-41)51(59)52(60)55-24-15-14-19-42(55)53(61)70-46(32-43(56)35(3)28-38(6)49(58)50(68-10)48(57)37(5)27-33)36(4)29-40-21-23-44(47(30-40)67-9)69-25-16-26-72(63,64)65/h11-13,17-18,28,33,35-37,39-42,44-47,49-50,58,62H,14-16,19-27,29-32H2,1-10H3,(H,63,64,65)/b13-11+,17-12+,34-18+,38-28+/t33-,35-,36-,37-,39-,40+,41+,42+,44-,45+,46+,47-,49+,50+,54-/m1/s1. The second-order valence-corrected chi connectivity index (χ2v) is 22.6. The molecule has 408 valence electrons. The Morgan fingerprint density at radius 2 is 1.58 bits per heavy atom. The van der Waals surface area contributed by atoms with Crippen molar-refractivity contribution in [3.63, 3.8) is 0 Å². The fourth-order valence-corrected chi connectivity index (χ4v) is 11.2. The summed E-state index contributed by atoms with van der Waals surface area (Å²) in [4.78, 5) is 72.3. The Bertz CT molecular complexity index is 2070. The third-order valence-corrected chi connectivity index (χ3v) is 16.1. The van der Waals surface area contributed by atoms with Crippen molar-refractivity contribution in [2.45, 2.75) is 186 Å². The average Bonchev–Trinajstić information content (AvgIpc) is 3.34. The summed E-state index contributed by atoms with van der Waals surface area (Å²) in [5.74, 6) is -8.79. The van der Waals surface area contributed by atoms with Gasteiger partial charge in [0.1, 0.15) is 30.1 Å². The number of rotatable bonds is 11. The van der Waals surface area contributed by atoms with E-state index in [1.165, 1.54) is 12.0 Å². The van der Waals surface area contributed by atoms with Crippen LogP contribution in [0, 0.1) is 35.5 Å². The molecule has 0 aromatic carbocycles. The van der Waals surface area contributed by atoms with Crippen LogP contribution in [0.5, 0.6) is 0 Å². The van der Waals surface area contributed by atoms with Crippen LogP contribution in [0.4, 0.5) is 0 Å².